The molecule has 4 aliphatic heterocycles. The summed E-state index contributed by atoms with van der Waals surface area (Å²) in [4.78, 5) is 60.0. The Bertz CT molecular complexity index is 2240. The van der Waals surface area contributed by atoms with Crippen LogP contribution >= 0.6 is 0 Å². The molecule has 16 nitrogen and oxygen atoms in total. The third-order valence-corrected chi connectivity index (χ3v) is 10.3. The van der Waals surface area contributed by atoms with Crippen molar-refractivity contribution in [2.75, 3.05) is 13.2 Å². The Labute approximate surface area is 356 Å². The van der Waals surface area contributed by atoms with Gasteiger partial charge in [0.2, 0.25) is 6.29 Å². The minimum absolute atomic E-state index is 0.135. The monoisotopic (exact) mass is 851 g/mol. The van der Waals surface area contributed by atoms with Crippen molar-refractivity contribution in [1.29, 1.82) is 0 Å². The summed E-state index contributed by atoms with van der Waals surface area (Å²) < 4.78 is 62.1. The van der Waals surface area contributed by atoms with Gasteiger partial charge in [0.15, 0.2) is 35.8 Å². The molecule has 16 heteroatoms. The third kappa shape index (κ3) is 9.77. The molecule has 4 aromatic rings. The van der Waals surface area contributed by atoms with Crippen LogP contribution in [0.2, 0.25) is 0 Å². The number of hydrogen-bond acceptors (Lipinski definition) is 16. The second-order valence-electron chi connectivity index (χ2n) is 15.7. The maximum Gasteiger partial charge on any atom is 0.365 e. The Morgan fingerprint density at radius 3 is 1.60 bits per heavy atom. The first kappa shape index (κ1) is 42.8. The molecule has 0 saturated carbocycles. The number of carbonyl (C=O) groups is 4. The minimum atomic E-state index is -1.67. The van der Waals surface area contributed by atoms with E-state index in [4.69, 9.17) is 52.2 Å². The fourth-order valence-electron chi connectivity index (χ4n) is 7.49. The molecule has 0 amide bonds. The van der Waals surface area contributed by atoms with Crippen molar-refractivity contribution in [2.24, 2.45) is 5.16 Å². The number of benzene rings is 4. The van der Waals surface area contributed by atoms with Gasteiger partial charge in [-0.2, -0.15) is 0 Å². The summed E-state index contributed by atoms with van der Waals surface area (Å²) in [5, 5.41) is 4.20. The summed E-state index contributed by atoms with van der Waals surface area (Å²) in [6, 6.07) is 32.4. The van der Waals surface area contributed by atoms with Crippen LogP contribution < -0.4 is 0 Å². The number of carbonyl (C=O) groups excluding carboxylic acids is 4. The van der Waals surface area contributed by atoms with Crippen molar-refractivity contribution in [1.82, 2.24) is 0 Å². The Hall–Kier alpha value is -5.85. The van der Waals surface area contributed by atoms with Gasteiger partial charge >= 0.3 is 23.9 Å². The molecule has 4 aromatic carbocycles. The highest BCUT2D eigenvalue weighted by molar-refractivity contribution is 5.98. The number of oxime groups is 1. The van der Waals surface area contributed by atoms with Gasteiger partial charge < -0.3 is 52.2 Å². The van der Waals surface area contributed by atoms with Crippen molar-refractivity contribution in [3.05, 3.63) is 144 Å². The number of ether oxygens (including phenoxy) is 10. The lowest BCUT2D eigenvalue weighted by Gasteiger charge is -2.41. The predicted octanol–water partition coefficient (Wildman–Crippen LogP) is 5.65. The van der Waals surface area contributed by atoms with Crippen LogP contribution in [0.4, 0.5) is 0 Å². The van der Waals surface area contributed by atoms with E-state index in [2.05, 4.69) is 5.16 Å². The molecule has 0 N–H and O–H groups in total. The van der Waals surface area contributed by atoms with E-state index in [1.165, 1.54) is 36.4 Å². The van der Waals surface area contributed by atoms with Gasteiger partial charge in [-0.1, -0.05) is 78.0 Å². The van der Waals surface area contributed by atoms with E-state index in [0.717, 1.165) is 0 Å². The second-order valence-corrected chi connectivity index (χ2v) is 15.7. The van der Waals surface area contributed by atoms with Crippen molar-refractivity contribution >= 4 is 29.6 Å². The molecule has 0 bridgehead atoms. The van der Waals surface area contributed by atoms with Crippen LogP contribution in [0.15, 0.2) is 126 Å². The van der Waals surface area contributed by atoms with Crippen molar-refractivity contribution in [3.63, 3.8) is 0 Å². The van der Waals surface area contributed by atoms with Gasteiger partial charge in [0.05, 0.1) is 28.9 Å². The summed E-state index contributed by atoms with van der Waals surface area (Å²) in [5.41, 5.74) is 0.363. The van der Waals surface area contributed by atoms with E-state index < -0.39 is 97.4 Å². The molecule has 4 heterocycles. The van der Waals surface area contributed by atoms with Gasteiger partial charge in [-0.05, 0) is 76.2 Å². The van der Waals surface area contributed by atoms with E-state index in [1.54, 1.807) is 113 Å². The number of fused-ring (bicyclic) bond motifs is 3. The lowest BCUT2D eigenvalue weighted by Crippen LogP contribution is -2.61. The summed E-state index contributed by atoms with van der Waals surface area (Å²) in [7, 11) is 0. The molecule has 4 saturated heterocycles. The first-order chi connectivity index (χ1) is 29.8. The Kier molecular flexibility index (Phi) is 12.6. The van der Waals surface area contributed by atoms with E-state index in [1.807, 2.05) is 0 Å². The van der Waals surface area contributed by atoms with Crippen molar-refractivity contribution in [2.45, 2.75) is 94.6 Å². The quantitative estimate of drug-likeness (QED) is 0.0738. The molecular weight excluding hydrogens is 806 g/mol. The van der Waals surface area contributed by atoms with Gasteiger partial charge in [0, 0.05) is 0 Å². The number of esters is 3. The van der Waals surface area contributed by atoms with Gasteiger partial charge in [-0.3, -0.25) is 0 Å². The van der Waals surface area contributed by atoms with Crippen LogP contribution in [0.25, 0.3) is 0 Å². The molecule has 4 aliphatic rings. The van der Waals surface area contributed by atoms with E-state index >= 15 is 0 Å². The fourth-order valence-corrected chi connectivity index (χ4v) is 7.49. The van der Waals surface area contributed by atoms with Crippen LogP contribution in [0.1, 0.15) is 69.1 Å². The summed E-state index contributed by atoms with van der Waals surface area (Å²) in [5.74, 6) is -5.30. The molecule has 324 valence electrons. The zero-order valence-electron chi connectivity index (χ0n) is 34.2. The Morgan fingerprint density at radius 2 is 1.02 bits per heavy atom. The van der Waals surface area contributed by atoms with E-state index in [-0.39, 0.29) is 34.6 Å². The molecule has 9 atom stereocenters. The minimum Gasteiger partial charge on any atom is -0.459 e. The summed E-state index contributed by atoms with van der Waals surface area (Å²) in [6.07, 6.45) is -9.94. The smallest absolute Gasteiger partial charge is 0.365 e. The highest BCUT2D eigenvalue weighted by Crippen LogP contribution is 2.44. The van der Waals surface area contributed by atoms with Gasteiger partial charge in [0.25, 0.3) is 0 Å². The highest BCUT2D eigenvalue weighted by atomic mass is 16.9. The first-order valence-electron chi connectivity index (χ1n) is 20.1. The normalized spacial score (nSPS) is 28.8. The number of nitrogens with zero attached hydrogens (tertiary/aromatic N) is 1. The molecule has 0 aromatic heterocycles. The maximum absolute atomic E-state index is 14.0. The lowest BCUT2D eigenvalue weighted by atomic mass is 9.98. The average Bonchev–Trinajstić information content (AvgIpc) is 3.79. The second kappa shape index (κ2) is 18.2. The van der Waals surface area contributed by atoms with Crippen LogP contribution in [0, 0.1) is 0 Å². The SMILES string of the molecule is CC1(C)O[C@H]2[C@@H](O1)[C@@H](CO[C@@H]1O[C@H](COC(=O)c3ccccc3)[C@H](OC(=O)c3ccccc3)[C@H](OC(=O)c3ccccc3)/C1=N\OC(=O)c1ccccc1)O[C@@H]1OC(C)(C)O[C@@H]12. The highest BCUT2D eigenvalue weighted by Gasteiger charge is 2.61. The van der Waals surface area contributed by atoms with Gasteiger partial charge in [-0.25, -0.2) is 19.2 Å². The average molecular weight is 852 g/mol. The maximum atomic E-state index is 14.0. The topological polar surface area (TPSA) is 182 Å². The molecule has 4 fully saturated rings. The van der Waals surface area contributed by atoms with E-state index in [9.17, 15) is 19.2 Å². The molecule has 0 radical (unpaired) electrons. The molecule has 0 aliphatic carbocycles. The molecule has 62 heavy (non-hydrogen) atoms. The summed E-state index contributed by atoms with van der Waals surface area (Å²) in [6.45, 7) is 6.23. The lowest BCUT2D eigenvalue weighted by molar-refractivity contribution is -0.260. The molecule has 8 rings (SSSR count). The zero-order valence-corrected chi connectivity index (χ0v) is 34.2. The third-order valence-electron chi connectivity index (χ3n) is 10.3. The first-order valence-corrected chi connectivity index (χ1v) is 20.1. The molecule has 0 unspecified atom stereocenters. The summed E-state index contributed by atoms with van der Waals surface area (Å²) >= 11 is 0. The Balaban J connectivity index is 1.17. The number of hydrogen-bond donors (Lipinski definition) is 0. The van der Waals surface area contributed by atoms with Crippen LogP contribution in [0.5, 0.6) is 0 Å². The van der Waals surface area contributed by atoms with Crippen LogP contribution in [0.3, 0.4) is 0 Å². The van der Waals surface area contributed by atoms with Crippen LogP contribution in [-0.4, -0.2) is 110 Å². The van der Waals surface area contributed by atoms with Crippen molar-refractivity contribution < 1.29 is 71.4 Å². The van der Waals surface area contributed by atoms with Crippen molar-refractivity contribution in [3.8, 4) is 0 Å². The molecule has 0 spiro atoms. The van der Waals surface area contributed by atoms with Gasteiger partial charge in [-0.15, -0.1) is 0 Å². The standard InChI is InChI=1S/C46H45NO15/c1-45(2)58-35-32(55-44-38(37(35)59-45)60-46(3,4)61-44)26-53-43-33(47-62-42(51)30-23-15-8-16-24-30)36(57-41(50)29-21-13-7-14-22-29)34(56-40(49)28-19-11-6-12-20-28)31(54-43)25-52-39(48)27-17-9-5-10-18-27/h5-24,31-32,34-38,43-44H,25-26H2,1-4H3/b47-33+/t31-,32-,34+,35+,36-,37+,38-,43-,44-/m1/s1. The fraction of sp³-hybridized carbons (Fsp3) is 0.370. The van der Waals surface area contributed by atoms with Crippen LogP contribution in [-0.2, 0) is 52.2 Å². The number of rotatable bonds is 12. The van der Waals surface area contributed by atoms with Gasteiger partial charge in [0.1, 0.15) is 37.1 Å². The largest absolute Gasteiger partial charge is 0.459 e. The Morgan fingerprint density at radius 1 is 0.532 bits per heavy atom. The zero-order chi connectivity index (χ0) is 43.4. The van der Waals surface area contributed by atoms with E-state index in [0.29, 0.717) is 0 Å². The molecular formula is C46H45NO15. The predicted molar refractivity (Wildman–Crippen MR) is 214 cm³/mol.